The summed E-state index contributed by atoms with van der Waals surface area (Å²) in [7, 11) is 2.37. The van der Waals surface area contributed by atoms with Crippen molar-refractivity contribution in [1.29, 1.82) is 0 Å². The number of ether oxygens (including phenoxy) is 2. The molecular weight excluding hydrogens is 240 g/mol. The molecule has 0 saturated heterocycles. The van der Waals surface area contributed by atoms with Crippen LogP contribution in [0.1, 0.15) is 22.0 Å². The van der Waals surface area contributed by atoms with E-state index in [1.165, 1.54) is 31.4 Å². The second kappa shape index (κ2) is 6.13. The standard InChI is InChI=1S/C12H14O6/c1-17-11(15)8-5-3-7(4-6-8)9(13)10(14)12(16)18-2/h3-6,9-10,13-14H,1-2H3. The van der Waals surface area contributed by atoms with Crippen LogP contribution in [0.3, 0.4) is 0 Å². The van der Waals surface area contributed by atoms with Crippen LogP contribution in [-0.4, -0.2) is 42.5 Å². The number of esters is 2. The summed E-state index contributed by atoms with van der Waals surface area (Å²) < 4.78 is 8.83. The highest BCUT2D eigenvalue weighted by Gasteiger charge is 2.26. The maximum atomic E-state index is 11.2. The lowest BCUT2D eigenvalue weighted by Crippen LogP contribution is -2.29. The lowest BCUT2D eigenvalue weighted by atomic mass is 10.0. The first-order chi connectivity index (χ1) is 8.51. The normalized spacial score (nSPS) is 13.6. The van der Waals surface area contributed by atoms with Gasteiger partial charge in [0.15, 0.2) is 6.10 Å². The number of carbonyl (C=O) groups is 2. The fraction of sp³-hybridized carbons (Fsp3) is 0.333. The summed E-state index contributed by atoms with van der Waals surface area (Å²) in [6, 6.07) is 5.69. The molecule has 1 aromatic rings. The number of hydrogen-bond acceptors (Lipinski definition) is 6. The fourth-order valence-electron chi connectivity index (χ4n) is 1.37. The molecule has 0 aliphatic carbocycles. The molecule has 0 spiro atoms. The van der Waals surface area contributed by atoms with E-state index in [0.29, 0.717) is 11.1 Å². The zero-order valence-corrected chi connectivity index (χ0v) is 9.99. The van der Waals surface area contributed by atoms with Crippen molar-refractivity contribution in [2.75, 3.05) is 14.2 Å². The maximum absolute atomic E-state index is 11.2. The number of carbonyl (C=O) groups excluding carboxylic acids is 2. The predicted molar refractivity (Wildman–Crippen MR) is 60.8 cm³/mol. The highest BCUT2D eigenvalue weighted by atomic mass is 16.5. The largest absolute Gasteiger partial charge is 0.467 e. The van der Waals surface area contributed by atoms with E-state index in [0.717, 1.165) is 7.11 Å². The molecule has 0 fully saturated rings. The van der Waals surface area contributed by atoms with Gasteiger partial charge in [-0.2, -0.15) is 0 Å². The van der Waals surface area contributed by atoms with Crippen molar-refractivity contribution >= 4 is 11.9 Å². The van der Waals surface area contributed by atoms with Crippen LogP contribution < -0.4 is 0 Å². The van der Waals surface area contributed by atoms with E-state index in [-0.39, 0.29) is 0 Å². The molecule has 2 N–H and O–H groups in total. The fourth-order valence-corrected chi connectivity index (χ4v) is 1.37. The molecule has 0 saturated carbocycles. The maximum Gasteiger partial charge on any atom is 0.337 e. The summed E-state index contributed by atoms with van der Waals surface area (Å²) in [6.45, 7) is 0. The molecule has 0 aromatic heterocycles. The van der Waals surface area contributed by atoms with E-state index in [4.69, 9.17) is 0 Å². The Kier molecular flexibility index (Phi) is 4.82. The monoisotopic (exact) mass is 254 g/mol. The van der Waals surface area contributed by atoms with E-state index in [2.05, 4.69) is 9.47 Å². The Labute approximate surface area is 104 Å². The number of aliphatic hydroxyl groups excluding tert-OH is 2. The molecule has 0 amide bonds. The molecule has 6 heteroatoms. The molecular formula is C12H14O6. The summed E-state index contributed by atoms with van der Waals surface area (Å²) in [6.07, 6.45) is -3.08. The Morgan fingerprint density at radius 2 is 1.61 bits per heavy atom. The molecule has 18 heavy (non-hydrogen) atoms. The van der Waals surface area contributed by atoms with Gasteiger partial charge in [-0.25, -0.2) is 9.59 Å². The lowest BCUT2D eigenvalue weighted by molar-refractivity contribution is -0.156. The Balaban J connectivity index is 2.85. The first-order valence-electron chi connectivity index (χ1n) is 5.13. The minimum absolute atomic E-state index is 0.292. The third-order valence-electron chi connectivity index (χ3n) is 2.42. The Morgan fingerprint density at radius 3 is 2.06 bits per heavy atom. The van der Waals surface area contributed by atoms with Crippen molar-refractivity contribution in [2.24, 2.45) is 0 Å². The molecule has 1 rings (SSSR count). The molecule has 0 aliphatic heterocycles. The quantitative estimate of drug-likeness (QED) is 0.737. The van der Waals surface area contributed by atoms with Crippen LogP contribution >= 0.6 is 0 Å². The zero-order valence-electron chi connectivity index (χ0n) is 9.99. The van der Waals surface area contributed by atoms with Crippen molar-refractivity contribution < 1.29 is 29.3 Å². The molecule has 0 bridgehead atoms. The van der Waals surface area contributed by atoms with E-state index < -0.39 is 24.1 Å². The molecule has 0 radical (unpaired) electrons. The molecule has 2 unspecified atom stereocenters. The summed E-state index contributed by atoms with van der Waals surface area (Å²) in [5, 5.41) is 19.2. The van der Waals surface area contributed by atoms with Gasteiger partial charge in [-0.15, -0.1) is 0 Å². The molecule has 1 aromatic carbocycles. The second-order valence-electron chi connectivity index (χ2n) is 3.53. The van der Waals surface area contributed by atoms with Crippen LogP contribution in [0.4, 0.5) is 0 Å². The SMILES string of the molecule is COC(=O)c1ccc(C(O)C(O)C(=O)OC)cc1. The van der Waals surface area contributed by atoms with Gasteiger partial charge in [0.25, 0.3) is 0 Å². The van der Waals surface area contributed by atoms with Crippen LogP contribution in [0.5, 0.6) is 0 Å². The second-order valence-corrected chi connectivity index (χ2v) is 3.53. The van der Waals surface area contributed by atoms with Gasteiger partial charge in [0.05, 0.1) is 19.8 Å². The minimum Gasteiger partial charge on any atom is -0.467 e. The van der Waals surface area contributed by atoms with Crippen LogP contribution in [0.2, 0.25) is 0 Å². The molecule has 0 aliphatic rings. The van der Waals surface area contributed by atoms with Gasteiger partial charge >= 0.3 is 11.9 Å². The summed E-state index contributed by atoms with van der Waals surface area (Å²) >= 11 is 0. The van der Waals surface area contributed by atoms with Gasteiger partial charge in [-0.05, 0) is 17.7 Å². The van der Waals surface area contributed by atoms with Crippen LogP contribution in [0.25, 0.3) is 0 Å². The molecule has 98 valence electrons. The van der Waals surface area contributed by atoms with Crippen molar-refractivity contribution in [3.8, 4) is 0 Å². The number of aliphatic hydroxyl groups is 2. The number of hydrogen-bond donors (Lipinski definition) is 2. The summed E-state index contributed by atoms with van der Waals surface area (Å²) in [4.78, 5) is 22.2. The van der Waals surface area contributed by atoms with Crippen LogP contribution in [0.15, 0.2) is 24.3 Å². The molecule has 6 nitrogen and oxygen atoms in total. The van der Waals surface area contributed by atoms with Gasteiger partial charge in [0, 0.05) is 0 Å². The first-order valence-corrected chi connectivity index (χ1v) is 5.13. The smallest absolute Gasteiger partial charge is 0.337 e. The number of methoxy groups -OCH3 is 2. The Bertz CT molecular complexity index is 425. The predicted octanol–water partition coefficient (Wildman–Crippen LogP) is 0.0405. The van der Waals surface area contributed by atoms with Crippen molar-refractivity contribution in [2.45, 2.75) is 12.2 Å². The number of benzene rings is 1. The Morgan fingerprint density at radius 1 is 1.06 bits per heavy atom. The third kappa shape index (κ3) is 3.06. The highest BCUT2D eigenvalue weighted by Crippen LogP contribution is 2.18. The molecule has 2 atom stereocenters. The van der Waals surface area contributed by atoms with E-state index in [1.54, 1.807) is 0 Å². The topological polar surface area (TPSA) is 93.1 Å². The zero-order chi connectivity index (χ0) is 13.7. The van der Waals surface area contributed by atoms with E-state index >= 15 is 0 Å². The van der Waals surface area contributed by atoms with Gasteiger partial charge < -0.3 is 19.7 Å². The first kappa shape index (κ1) is 14.1. The number of rotatable bonds is 4. The minimum atomic E-state index is -1.67. The lowest BCUT2D eigenvalue weighted by Gasteiger charge is -2.16. The van der Waals surface area contributed by atoms with Crippen LogP contribution in [0, 0.1) is 0 Å². The molecule has 0 heterocycles. The van der Waals surface area contributed by atoms with E-state index in [9.17, 15) is 19.8 Å². The van der Waals surface area contributed by atoms with Gasteiger partial charge in [-0.3, -0.25) is 0 Å². The average Bonchev–Trinajstić information content (AvgIpc) is 2.44. The summed E-state index contributed by atoms with van der Waals surface area (Å²) in [5.41, 5.74) is 0.599. The van der Waals surface area contributed by atoms with Crippen molar-refractivity contribution in [3.05, 3.63) is 35.4 Å². The van der Waals surface area contributed by atoms with Gasteiger partial charge in [0.2, 0.25) is 0 Å². The Hall–Kier alpha value is -1.92. The average molecular weight is 254 g/mol. The summed E-state index contributed by atoms with van der Waals surface area (Å²) in [5.74, 6) is -1.44. The van der Waals surface area contributed by atoms with Crippen molar-refractivity contribution in [1.82, 2.24) is 0 Å². The van der Waals surface area contributed by atoms with Gasteiger partial charge in [-0.1, -0.05) is 12.1 Å². The van der Waals surface area contributed by atoms with E-state index in [1.807, 2.05) is 0 Å². The highest BCUT2D eigenvalue weighted by molar-refractivity contribution is 5.89. The third-order valence-corrected chi connectivity index (χ3v) is 2.42. The van der Waals surface area contributed by atoms with Crippen LogP contribution in [-0.2, 0) is 14.3 Å². The van der Waals surface area contributed by atoms with Gasteiger partial charge in [0.1, 0.15) is 6.10 Å². The van der Waals surface area contributed by atoms with Crippen molar-refractivity contribution in [3.63, 3.8) is 0 Å².